The van der Waals surface area contributed by atoms with Gasteiger partial charge in [0.15, 0.2) is 0 Å². The molecule has 0 N–H and O–H groups in total. The molecule has 0 saturated heterocycles. The zero-order valence-corrected chi connectivity index (χ0v) is 30.8. The van der Waals surface area contributed by atoms with Crippen LogP contribution in [0.1, 0.15) is 123 Å². The maximum atomic E-state index is 4.34. The molecule has 0 fully saturated rings. The van der Waals surface area contributed by atoms with E-state index < -0.39 is 0 Å². The van der Waals surface area contributed by atoms with Crippen molar-refractivity contribution in [1.82, 2.24) is 38.4 Å². The van der Waals surface area contributed by atoms with Crippen LogP contribution in [-0.4, -0.2) is 50.7 Å². The lowest BCUT2D eigenvalue weighted by molar-refractivity contribution is 0.585. The number of allylic oxidation sites excluding steroid dienone is 1. The normalized spacial score (nSPS) is 12.2. The van der Waals surface area contributed by atoms with E-state index in [1.165, 1.54) is 17.0 Å². The average molecular weight is 620 g/mol. The first kappa shape index (κ1) is 39.3. The molecule has 5 rings (SSSR count). The highest BCUT2D eigenvalue weighted by Crippen LogP contribution is 2.13. The van der Waals surface area contributed by atoms with Crippen molar-refractivity contribution in [3.05, 3.63) is 84.3 Å². The summed E-state index contributed by atoms with van der Waals surface area (Å²) in [7, 11) is 3.95. The molecule has 5 heterocycles. The van der Waals surface area contributed by atoms with E-state index in [0.717, 1.165) is 23.8 Å². The molecule has 0 unspecified atom stereocenters. The van der Waals surface area contributed by atoms with Crippen LogP contribution in [-0.2, 0) is 14.1 Å². The van der Waals surface area contributed by atoms with Crippen molar-refractivity contribution in [3.8, 4) is 0 Å². The van der Waals surface area contributed by atoms with Gasteiger partial charge in [0.2, 0.25) is 0 Å². The molecule has 0 saturated carbocycles. The van der Waals surface area contributed by atoms with Crippen molar-refractivity contribution in [1.29, 1.82) is 0 Å². The van der Waals surface area contributed by atoms with Gasteiger partial charge in [0, 0.05) is 74.5 Å². The Morgan fingerprint density at radius 2 is 1.42 bits per heavy atom. The molecular formula is C36H61N9. The zero-order chi connectivity index (χ0) is 34.3. The molecule has 0 bridgehead atoms. The quantitative estimate of drug-likeness (QED) is 0.224. The van der Waals surface area contributed by atoms with Gasteiger partial charge < -0.3 is 13.7 Å². The smallest absolute Gasteiger partial charge is 0.110 e. The zero-order valence-electron chi connectivity index (χ0n) is 30.8. The molecule has 9 heteroatoms. The van der Waals surface area contributed by atoms with Crippen LogP contribution < -0.4 is 0 Å². The molecular weight excluding hydrogens is 558 g/mol. The summed E-state index contributed by atoms with van der Waals surface area (Å²) in [5.41, 5.74) is 6.13. The fourth-order valence-corrected chi connectivity index (χ4v) is 4.46. The van der Waals surface area contributed by atoms with E-state index in [9.17, 15) is 0 Å². The molecule has 0 aliphatic carbocycles. The Hall–Kier alpha value is -3.75. The van der Waals surface area contributed by atoms with Gasteiger partial charge in [0.1, 0.15) is 5.82 Å². The lowest BCUT2D eigenvalue weighted by atomic mass is 10.0. The van der Waals surface area contributed by atoms with Crippen LogP contribution in [0.25, 0.3) is 0 Å². The Labute approximate surface area is 273 Å². The lowest BCUT2D eigenvalue weighted by Crippen LogP contribution is -2.05. The molecule has 4 aromatic heterocycles. The molecule has 250 valence electrons. The van der Waals surface area contributed by atoms with E-state index in [-0.39, 0.29) is 0 Å². The molecule has 0 radical (unpaired) electrons. The molecule has 0 amide bonds. The fourth-order valence-electron chi connectivity index (χ4n) is 4.46. The number of aryl methyl sites for hydroxylation is 4. The maximum absolute atomic E-state index is 4.34. The molecule has 0 spiro atoms. The Balaban J connectivity index is 0.000000281. The highest BCUT2D eigenvalue weighted by atomic mass is 15.2. The summed E-state index contributed by atoms with van der Waals surface area (Å²) in [6.07, 6.45) is 15.6. The minimum Gasteiger partial charge on any atom is -0.338 e. The number of aliphatic imine (C=N–C) groups is 1. The third-order valence-electron chi connectivity index (χ3n) is 7.05. The molecule has 4 aromatic rings. The molecule has 9 nitrogen and oxygen atoms in total. The largest absolute Gasteiger partial charge is 0.338 e. The first-order valence-corrected chi connectivity index (χ1v) is 16.2. The van der Waals surface area contributed by atoms with Crippen LogP contribution in [0.15, 0.2) is 66.3 Å². The van der Waals surface area contributed by atoms with E-state index in [2.05, 4.69) is 123 Å². The first-order chi connectivity index (χ1) is 21.0. The highest BCUT2D eigenvalue weighted by Gasteiger charge is 2.09. The summed E-state index contributed by atoms with van der Waals surface area (Å²) in [6, 6.07) is 3.11. The van der Waals surface area contributed by atoms with Crippen molar-refractivity contribution < 1.29 is 0 Å². The van der Waals surface area contributed by atoms with E-state index in [0.29, 0.717) is 29.8 Å². The van der Waals surface area contributed by atoms with Crippen LogP contribution in [0.2, 0.25) is 0 Å². The second-order valence-electron chi connectivity index (χ2n) is 13.0. The number of aromatic nitrogens is 8. The Kier molecular flexibility index (Phi) is 17.1. The van der Waals surface area contributed by atoms with Gasteiger partial charge in [-0.1, -0.05) is 47.6 Å². The summed E-state index contributed by atoms with van der Waals surface area (Å²) in [5, 5.41) is 4.23. The standard InChI is InChI=1S/C8H13N.4C7H12N2/c1-6(2)8-7(3)4-5-9-8;1-6(2)9-4-7(3)8-5-9;1-6(2)9-5-8-4-7(9)3;1-6(2)7-8-4-5-9(7)3;1-6(2)7-4-5-9(3)8-7/h4,6H,5H2,1-3H3;4*4-6H,1-3H3. The number of rotatable bonds is 5. The van der Waals surface area contributed by atoms with E-state index in [4.69, 9.17) is 0 Å². The summed E-state index contributed by atoms with van der Waals surface area (Å²) >= 11 is 0. The van der Waals surface area contributed by atoms with Gasteiger partial charge in [-0.25, -0.2) is 15.0 Å². The number of nitrogens with zero attached hydrogens (tertiary/aromatic N) is 9. The SMILES string of the molecule is CC(C)c1ccn(C)n1.CC(C)c1nccn1C.CC1=CCN=C1C(C)C.Cc1cn(C(C)C)cn1.Cc1cncn1C(C)C. The predicted octanol–water partition coefficient (Wildman–Crippen LogP) is 8.68. The van der Waals surface area contributed by atoms with Gasteiger partial charge in [0.05, 0.1) is 30.6 Å². The van der Waals surface area contributed by atoms with Gasteiger partial charge in [-0.05, 0) is 71.9 Å². The molecule has 45 heavy (non-hydrogen) atoms. The molecule has 1 aliphatic heterocycles. The second kappa shape index (κ2) is 19.6. The lowest BCUT2D eigenvalue weighted by Gasteiger charge is -2.07. The monoisotopic (exact) mass is 620 g/mol. The second-order valence-corrected chi connectivity index (χ2v) is 13.0. The fraction of sp³-hybridized carbons (Fsp3) is 0.583. The van der Waals surface area contributed by atoms with E-state index >= 15 is 0 Å². The van der Waals surface area contributed by atoms with E-state index in [1.807, 2.05) is 80.0 Å². The Morgan fingerprint density at radius 3 is 1.64 bits per heavy atom. The topological polar surface area (TPSA) is 83.6 Å². The highest BCUT2D eigenvalue weighted by molar-refractivity contribution is 6.02. The van der Waals surface area contributed by atoms with Crippen molar-refractivity contribution in [3.63, 3.8) is 0 Å². The summed E-state index contributed by atoms with van der Waals surface area (Å²) < 4.78 is 8.11. The number of hydrogen-bond donors (Lipinski definition) is 0. The van der Waals surface area contributed by atoms with Crippen LogP contribution in [0.4, 0.5) is 0 Å². The van der Waals surface area contributed by atoms with Crippen molar-refractivity contribution in [2.75, 3.05) is 6.54 Å². The third-order valence-corrected chi connectivity index (χ3v) is 7.05. The van der Waals surface area contributed by atoms with Crippen molar-refractivity contribution in [2.24, 2.45) is 25.0 Å². The molecule has 0 atom stereocenters. The average Bonchev–Trinajstić information content (AvgIpc) is 3.78. The minimum atomic E-state index is 0.532. The number of imidazole rings is 3. The van der Waals surface area contributed by atoms with Crippen LogP contribution in [0.3, 0.4) is 0 Å². The minimum absolute atomic E-state index is 0.532. The summed E-state index contributed by atoms with van der Waals surface area (Å²) in [4.78, 5) is 16.6. The van der Waals surface area contributed by atoms with Gasteiger partial charge in [-0.15, -0.1) is 0 Å². The van der Waals surface area contributed by atoms with E-state index in [1.54, 1.807) is 0 Å². The van der Waals surface area contributed by atoms with Crippen molar-refractivity contribution in [2.45, 2.75) is 114 Å². The van der Waals surface area contributed by atoms with Crippen molar-refractivity contribution >= 4 is 5.71 Å². The Bertz CT molecular complexity index is 1330. The third kappa shape index (κ3) is 14.3. The van der Waals surface area contributed by atoms with Gasteiger partial charge in [0.25, 0.3) is 0 Å². The first-order valence-electron chi connectivity index (χ1n) is 16.2. The summed E-state index contributed by atoms with van der Waals surface area (Å²) in [5.74, 6) is 2.83. The van der Waals surface area contributed by atoms with Gasteiger partial charge in [-0.3, -0.25) is 9.67 Å². The summed E-state index contributed by atoms with van der Waals surface area (Å²) in [6.45, 7) is 28.6. The van der Waals surface area contributed by atoms with Crippen LogP contribution in [0.5, 0.6) is 0 Å². The van der Waals surface area contributed by atoms with Crippen LogP contribution in [0, 0.1) is 19.8 Å². The molecule has 1 aliphatic rings. The van der Waals surface area contributed by atoms with Crippen LogP contribution >= 0.6 is 0 Å². The van der Waals surface area contributed by atoms with Gasteiger partial charge in [-0.2, -0.15) is 5.10 Å². The maximum Gasteiger partial charge on any atom is 0.110 e. The van der Waals surface area contributed by atoms with Gasteiger partial charge >= 0.3 is 0 Å². The predicted molar refractivity (Wildman–Crippen MR) is 190 cm³/mol. The Morgan fingerprint density at radius 1 is 0.756 bits per heavy atom. The number of hydrogen-bond acceptors (Lipinski definition) is 5. The molecule has 0 aromatic carbocycles.